The molecule has 0 atom stereocenters. The molecule has 0 fully saturated rings. The maximum Gasteiger partial charge on any atom is 0.201 e. The van der Waals surface area contributed by atoms with Gasteiger partial charge >= 0.3 is 0 Å². The molecule has 0 unspecified atom stereocenters. The van der Waals surface area contributed by atoms with Gasteiger partial charge < -0.3 is 0 Å². The van der Waals surface area contributed by atoms with Gasteiger partial charge in [-0.05, 0) is 17.7 Å². The van der Waals surface area contributed by atoms with Crippen LogP contribution < -0.4 is 4.72 Å². The van der Waals surface area contributed by atoms with E-state index in [4.69, 9.17) is 0 Å². The summed E-state index contributed by atoms with van der Waals surface area (Å²) in [4.78, 5) is 4.64. The number of nitrogens with one attached hydrogen (secondary N) is 1. The van der Waals surface area contributed by atoms with Gasteiger partial charge in [0.1, 0.15) is 0 Å². The molecule has 0 spiro atoms. The lowest BCUT2D eigenvalue weighted by atomic mass is 10.1. The molecule has 1 N–H and O–H groups in total. The third-order valence-corrected chi connectivity index (χ3v) is 3.68. The van der Waals surface area contributed by atoms with Crippen LogP contribution in [0.4, 0.5) is 0 Å². The second kappa shape index (κ2) is 6.03. The lowest BCUT2D eigenvalue weighted by Gasteiger charge is -2.05. The first-order valence-electron chi connectivity index (χ1n) is 6.55. The van der Waals surface area contributed by atoms with Gasteiger partial charge in [0.2, 0.25) is 10.9 Å². The zero-order valence-corrected chi connectivity index (χ0v) is 12.1. The van der Waals surface area contributed by atoms with Crippen molar-refractivity contribution in [2.75, 3.05) is 0 Å². The lowest BCUT2D eigenvalue weighted by Crippen LogP contribution is -2.09. The molecule has 3 rings (SSSR count). The molecule has 4 nitrogen and oxygen atoms in total. The van der Waals surface area contributed by atoms with Gasteiger partial charge in [-0.3, -0.25) is 0 Å². The van der Waals surface area contributed by atoms with Gasteiger partial charge in [0.25, 0.3) is 0 Å². The van der Waals surface area contributed by atoms with Crippen molar-refractivity contribution in [1.82, 2.24) is 9.71 Å². The summed E-state index contributed by atoms with van der Waals surface area (Å²) in [5.74, 6) is 0. The Bertz CT molecular complexity index is 834. The maximum atomic E-state index is 10.5. The third-order valence-electron chi connectivity index (χ3n) is 3.26. The van der Waals surface area contributed by atoms with Crippen molar-refractivity contribution in [3.05, 3.63) is 66.2 Å². The molecule has 0 aliphatic rings. The summed E-state index contributed by atoms with van der Waals surface area (Å²) >= 11 is 0. The fourth-order valence-corrected chi connectivity index (χ4v) is 2.49. The van der Waals surface area contributed by atoms with Crippen molar-refractivity contribution in [2.24, 2.45) is 0 Å². The molecule has 106 valence electrons. The predicted octanol–water partition coefficient (Wildman–Crippen LogP) is 2.52. The number of thiol groups is 1. The van der Waals surface area contributed by atoms with Crippen molar-refractivity contribution in [3.8, 4) is 11.3 Å². The predicted molar refractivity (Wildman–Crippen MR) is 84.3 cm³/mol. The Labute approximate surface area is 124 Å². The number of aromatic nitrogens is 1. The van der Waals surface area contributed by atoms with Crippen LogP contribution in [0, 0.1) is 0 Å². The Balaban J connectivity index is 1.88. The summed E-state index contributed by atoms with van der Waals surface area (Å²) in [6.07, 6.45) is 0. The third kappa shape index (κ3) is 3.26. The molecule has 5 heteroatoms. The highest BCUT2D eigenvalue weighted by molar-refractivity contribution is 7.70. The van der Waals surface area contributed by atoms with Gasteiger partial charge in [-0.1, -0.05) is 48.5 Å². The maximum absolute atomic E-state index is 10.5. The molecule has 0 aliphatic heterocycles. The summed E-state index contributed by atoms with van der Waals surface area (Å²) in [5, 5.41) is 1.11. The van der Waals surface area contributed by atoms with E-state index in [0.717, 1.165) is 27.7 Å². The molecule has 2 aromatic carbocycles. The lowest BCUT2D eigenvalue weighted by molar-refractivity contribution is 0.601. The van der Waals surface area contributed by atoms with Crippen LogP contribution >= 0.6 is 0 Å². The quantitative estimate of drug-likeness (QED) is 0.728. The van der Waals surface area contributed by atoms with Crippen LogP contribution in [0.1, 0.15) is 5.56 Å². The molecule has 3 aromatic rings. The minimum atomic E-state index is -2.56. The first-order chi connectivity index (χ1) is 10.2. The summed E-state index contributed by atoms with van der Waals surface area (Å²) in [5.41, 5.74) is 3.79. The van der Waals surface area contributed by atoms with E-state index in [-0.39, 0.29) is 0 Å². The molecule has 0 amide bonds. The number of pyridine rings is 1. The van der Waals surface area contributed by atoms with Gasteiger partial charge in [0, 0.05) is 17.5 Å². The standard InChI is InChI=1S/C16H14N2O2S/c19-21(20)17-11-12-5-7-14(8-6-12)16-10-9-13-3-1-2-4-15(13)18-16/h1-10,21H,11H2,(H,17,19,20). The Hall–Kier alpha value is -2.24. The molecule has 0 saturated carbocycles. The van der Waals surface area contributed by atoms with Crippen LogP contribution in [-0.2, 0) is 17.4 Å². The van der Waals surface area contributed by atoms with E-state index in [1.165, 1.54) is 0 Å². The molecule has 0 bridgehead atoms. The number of hydrogen-bond acceptors (Lipinski definition) is 3. The largest absolute Gasteiger partial charge is 0.248 e. The van der Waals surface area contributed by atoms with E-state index in [1.807, 2.05) is 54.6 Å². The highest BCUT2D eigenvalue weighted by atomic mass is 32.2. The molecular weight excluding hydrogens is 284 g/mol. The van der Waals surface area contributed by atoms with Crippen LogP contribution in [0.5, 0.6) is 0 Å². The number of rotatable bonds is 4. The normalized spacial score (nSPS) is 11.1. The smallest absolute Gasteiger partial charge is 0.201 e. The Morgan fingerprint density at radius 1 is 0.905 bits per heavy atom. The number of benzene rings is 2. The summed E-state index contributed by atoms with van der Waals surface area (Å²) in [7, 11) is -2.56. The Morgan fingerprint density at radius 2 is 1.67 bits per heavy atom. The van der Waals surface area contributed by atoms with Crippen molar-refractivity contribution in [1.29, 1.82) is 0 Å². The first-order valence-corrected chi connectivity index (χ1v) is 7.73. The number of hydrogen-bond donors (Lipinski definition) is 2. The van der Waals surface area contributed by atoms with Crippen LogP contribution in [0.15, 0.2) is 60.7 Å². The molecular formula is C16H14N2O2S. The van der Waals surface area contributed by atoms with E-state index in [9.17, 15) is 8.42 Å². The fraction of sp³-hybridized carbons (Fsp3) is 0.0625. The number of nitrogens with zero attached hydrogens (tertiary/aromatic N) is 1. The van der Waals surface area contributed by atoms with Gasteiger partial charge in [-0.2, -0.15) is 0 Å². The van der Waals surface area contributed by atoms with Crippen molar-refractivity contribution in [3.63, 3.8) is 0 Å². The van der Waals surface area contributed by atoms with E-state index >= 15 is 0 Å². The minimum Gasteiger partial charge on any atom is -0.248 e. The molecule has 1 heterocycles. The van der Waals surface area contributed by atoms with E-state index < -0.39 is 10.9 Å². The van der Waals surface area contributed by atoms with E-state index in [0.29, 0.717) is 6.54 Å². The summed E-state index contributed by atoms with van der Waals surface area (Å²) in [6.45, 7) is 0.310. The van der Waals surface area contributed by atoms with Crippen LogP contribution in [0.25, 0.3) is 22.2 Å². The zero-order valence-electron chi connectivity index (χ0n) is 11.2. The summed E-state index contributed by atoms with van der Waals surface area (Å²) in [6, 6.07) is 19.7. The second-order valence-electron chi connectivity index (χ2n) is 4.68. The Morgan fingerprint density at radius 3 is 2.43 bits per heavy atom. The topological polar surface area (TPSA) is 59.1 Å². The van der Waals surface area contributed by atoms with Crippen molar-refractivity contribution >= 4 is 21.8 Å². The SMILES string of the molecule is O=[SH](=O)NCc1ccc(-c2ccc3ccccc3n2)cc1. The molecule has 0 radical (unpaired) electrons. The monoisotopic (exact) mass is 298 g/mol. The zero-order chi connectivity index (χ0) is 14.7. The summed E-state index contributed by atoms with van der Waals surface area (Å²) < 4.78 is 23.4. The van der Waals surface area contributed by atoms with Crippen molar-refractivity contribution in [2.45, 2.75) is 6.54 Å². The van der Waals surface area contributed by atoms with Crippen LogP contribution in [0.3, 0.4) is 0 Å². The van der Waals surface area contributed by atoms with Gasteiger partial charge in [-0.25, -0.2) is 18.1 Å². The second-order valence-corrected chi connectivity index (χ2v) is 5.51. The Kier molecular flexibility index (Phi) is 3.94. The van der Waals surface area contributed by atoms with Crippen LogP contribution in [0.2, 0.25) is 0 Å². The van der Waals surface area contributed by atoms with Gasteiger partial charge in [0.05, 0.1) is 11.2 Å². The van der Waals surface area contributed by atoms with Gasteiger partial charge in [0.15, 0.2) is 0 Å². The molecule has 21 heavy (non-hydrogen) atoms. The van der Waals surface area contributed by atoms with Gasteiger partial charge in [-0.15, -0.1) is 0 Å². The number of fused-ring (bicyclic) bond motifs is 1. The first kappa shape index (κ1) is 13.7. The fourth-order valence-electron chi connectivity index (χ4n) is 2.18. The highest BCUT2D eigenvalue weighted by Gasteiger charge is 2.01. The number of para-hydroxylation sites is 1. The van der Waals surface area contributed by atoms with E-state index in [1.54, 1.807) is 0 Å². The highest BCUT2D eigenvalue weighted by Crippen LogP contribution is 2.21. The van der Waals surface area contributed by atoms with E-state index in [2.05, 4.69) is 15.8 Å². The van der Waals surface area contributed by atoms with Crippen LogP contribution in [-0.4, -0.2) is 13.4 Å². The molecule has 0 aliphatic carbocycles. The molecule has 1 aromatic heterocycles. The average molecular weight is 298 g/mol. The minimum absolute atomic E-state index is 0.310. The van der Waals surface area contributed by atoms with Crippen molar-refractivity contribution < 1.29 is 8.42 Å². The average Bonchev–Trinajstić information content (AvgIpc) is 2.53. The molecule has 0 saturated heterocycles.